The smallest absolute Gasteiger partial charge is 0.287 e. The molecule has 0 spiro atoms. The van der Waals surface area contributed by atoms with Crippen molar-refractivity contribution >= 4 is 11.8 Å². The molecule has 0 aromatic carbocycles. The molecule has 7 nitrogen and oxygen atoms in total. The maximum absolute atomic E-state index is 11.8. The molecule has 2 rings (SSSR count). The Morgan fingerprint density at radius 3 is 2.91 bits per heavy atom. The molecule has 7 heteroatoms. The van der Waals surface area contributed by atoms with Crippen LogP contribution in [0.2, 0.25) is 0 Å². The third-order valence-corrected chi connectivity index (χ3v) is 3.53. The molecule has 0 radical (unpaired) electrons. The molecule has 128 valence electrons. The van der Waals surface area contributed by atoms with Gasteiger partial charge in [-0.3, -0.25) is 14.5 Å². The van der Waals surface area contributed by atoms with E-state index in [1.54, 1.807) is 12.1 Å². The van der Waals surface area contributed by atoms with Gasteiger partial charge < -0.3 is 19.8 Å². The van der Waals surface area contributed by atoms with Gasteiger partial charge in [-0.1, -0.05) is 13.8 Å². The van der Waals surface area contributed by atoms with Crippen molar-refractivity contribution in [3.63, 3.8) is 0 Å². The fraction of sp³-hybridized carbons (Fsp3) is 0.625. The van der Waals surface area contributed by atoms with Crippen molar-refractivity contribution in [3.8, 4) is 0 Å². The van der Waals surface area contributed by atoms with Crippen molar-refractivity contribution in [2.75, 3.05) is 39.3 Å². The number of nitrogens with one attached hydrogen (secondary N) is 2. The molecular weight excluding hydrogens is 298 g/mol. The van der Waals surface area contributed by atoms with E-state index in [-0.39, 0.29) is 24.3 Å². The van der Waals surface area contributed by atoms with E-state index in [1.165, 1.54) is 6.26 Å². The summed E-state index contributed by atoms with van der Waals surface area (Å²) in [6.07, 6.45) is 1.41. The highest BCUT2D eigenvalue weighted by Crippen LogP contribution is 2.07. The highest BCUT2D eigenvalue weighted by molar-refractivity contribution is 5.94. The number of hydrogen-bond donors (Lipinski definition) is 2. The van der Waals surface area contributed by atoms with Gasteiger partial charge in [0.15, 0.2) is 5.76 Å². The normalized spacial score (nSPS) is 18.8. The summed E-state index contributed by atoms with van der Waals surface area (Å²) in [7, 11) is 0. The molecule has 1 aliphatic heterocycles. The molecule has 1 fully saturated rings. The lowest BCUT2D eigenvalue weighted by atomic mass is 10.2. The van der Waals surface area contributed by atoms with Gasteiger partial charge in [0.25, 0.3) is 5.91 Å². The van der Waals surface area contributed by atoms with Crippen LogP contribution in [0.5, 0.6) is 0 Å². The van der Waals surface area contributed by atoms with Crippen LogP contribution in [0.1, 0.15) is 24.4 Å². The van der Waals surface area contributed by atoms with Crippen LogP contribution in [0.4, 0.5) is 0 Å². The number of carbonyl (C=O) groups excluding carboxylic acids is 2. The van der Waals surface area contributed by atoms with Crippen molar-refractivity contribution in [1.82, 2.24) is 15.5 Å². The predicted molar refractivity (Wildman–Crippen MR) is 85.1 cm³/mol. The monoisotopic (exact) mass is 323 g/mol. The van der Waals surface area contributed by atoms with E-state index in [4.69, 9.17) is 9.15 Å². The lowest BCUT2D eigenvalue weighted by molar-refractivity contribution is -0.121. The number of rotatable bonds is 7. The quantitative estimate of drug-likeness (QED) is 0.763. The van der Waals surface area contributed by atoms with Crippen LogP contribution in [-0.4, -0.2) is 62.1 Å². The molecule has 1 aromatic heterocycles. The largest absolute Gasteiger partial charge is 0.459 e. The van der Waals surface area contributed by atoms with Gasteiger partial charge in [0.05, 0.1) is 25.5 Å². The van der Waals surface area contributed by atoms with Crippen molar-refractivity contribution in [2.45, 2.75) is 20.0 Å². The minimum absolute atomic E-state index is 0.00720. The average Bonchev–Trinajstić information content (AvgIpc) is 3.05. The van der Waals surface area contributed by atoms with Crippen LogP contribution in [0, 0.1) is 5.92 Å². The van der Waals surface area contributed by atoms with Crippen molar-refractivity contribution < 1.29 is 18.7 Å². The summed E-state index contributed by atoms with van der Waals surface area (Å²) in [5.74, 6) is 0.162. The van der Waals surface area contributed by atoms with Crippen molar-refractivity contribution in [3.05, 3.63) is 24.2 Å². The van der Waals surface area contributed by atoms with Crippen LogP contribution < -0.4 is 10.6 Å². The minimum Gasteiger partial charge on any atom is -0.459 e. The van der Waals surface area contributed by atoms with Gasteiger partial charge >= 0.3 is 0 Å². The highest BCUT2D eigenvalue weighted by atomic mass is 16.5. The van der Waals surface area contributed by atoms with E-state index in [0.717, 1.165) is 19.6 Å². The number of morpholine rings is 1. The molecular formula is C16H25N3O4. The molecule has 0 saturated carbocycles. The first-order valence-electron chi connectivity index (χ1n) is 7.97. The van der Waals surface area contributed by atoms with Crippen LogP contribution in [0.15, 0.2) is 22.8 Å². The molecule has 0 aliphatic carbocycles. The summed E-state index contributed by atoms with van der Waals surface area (Å²) >= 11 is 0. The zero-order valence-electron chi connectivity index (χ0n) is 13.7. The molecule has 2 heterocycles. The van der Waals surface area contributed by atoms with Crippen LogP contribution in [-0.2, 0) is 9.53 Å². The number of hydrogen-bond acceptors (Lipinski definition) is 5. The third kappa shape index (κ3) is 6.03. The number of furan rings is 1. The Morgan fingerprint density at radius 1 is 1.39 bits per heavy atom. The zero-order valence-corrected chi connectivity index (χ0v) is 13.7. The molecule has 1 saturated heterocycles. The van der Waals surface area contributed by atoms with E-state index in [9.17, 15) is 9.59 Å². The van der Waals surface area contributed by atoms with Gasteiger partial charge in [-0.15, -0.1) is 0 Å². The van der Waals surface area contributed by atoms with Gasteiger partial charge in [-0.2, -0.15) is 0 Å². The predicted octanol–water partition coefficient (Wildman–Crippen LogP) is 0.482. The van der Waals surface area contributed by atoms with Gasteiger partial charge in [0.1, 0.15) is 0 Å². The van der Waals surface area contributed by atoms with E-state index >= 15 is 0 Å². The average molecular weight is 323 g/mol. The van der Waals surface area contributed by atoms with Crippen LogP contribution >= 0.6 is 0 Å². The second-order valence-electron chi connectivity index (χ2n) is 6.11. The molecule has 0 unspecified atom stereocenters. The van der Waals surface area contributed by atoms with E-state index in [0.29, 0.717) is 19.1 Å². The summed E-state index contributed by atoms with van der Waals surface area (Å²) in [5, 5.41) is 5.30. The van der Waals surface area contributed by atoms with Gasteiger partial charge in [-0.05, 0) is 18.1 Å². The van der Waals surface area contributed by atoms with Gasteiger partial charge in [-0.25, -0.2) is 0 Å². The first kappa shape index (κ1) is 17.5. The first-order valence-corrected chi connectivity index (χ1v) is 7.97. The summed E-state index contributed by atoms with van der Waals surface area (Å²) in [6.45, 7) is 8.21. The fourth-order valence-electron chi connectivity index (χ4n) is 2.53. The van der Waals surface area contributed by atoms with Gasteiger partial charge in [0.2, 0.25) is 5.91 Å². The highest BCUT2D eigenvalue weighted by Gasteiger charge is 2.21. The third-order valence-electron chi connectivity index (χ3n) is 3.53. The summed E-state index contributed by atoms with van der Waals surface area (Å²) in [6, 6.07) is 3.17. The molecule has 23 heavy (non-hydrogen) atoms. The lowest BCUT2D eigenvalue weighted by Crippen LogP contribution is -2.49. The maximum Gasteiger partial charge on any atom is 0.287 e. The van der Waals surface area contributed by atoms with Gasteiger partial charge in [0, 0.05) is 26.2 Å². The number of carbonyl (C=O) groups is 2. The minimum atomic E-state index is -0.401. The van der Waals surface area contributed by atoms with E-state index in [2.05, 4.69) is 29.4 Å². The van der Waals surface area contributed by atoms with Crippen molar-refractivity contribution in [1.29, 1.82) is 0 Å². The van der Waals surface area contributed by atoms with E-state index < -0.39 is 5.91 Å². The molecule has 1 aromatic rings. The number of nitrogens with zero attached hydrogens (tertiary/aromatic N) is 1. The Kier molecular flexibility index (Phi) is 6.61. The molecule has 2 amide bonds. The summed E-state index contributed by atoms with van der Waals surface area (Å²) < 4.78 is 10.6. The Hall–Kier alpha value is -1.86. The number of ether oxygens (including phenoxy) is 1. The second kappa shape index (κ2) is 8.69. The van der Waals surface area contributed by atoms with E-state index in [1.807, 2.05) is 0 Å². The zero-order chi connectivity index (χ0) is 16.7. The summed E-state index contributed by atoms with van der Waals surface area (Å²) in [5.41, 5.74) is 0. The maximum atomic E-state index is 11.8. The Labute approximate surface area is 136 Å². The molecule has 2 N–H and O–H groups in total. The topological polar surface area (TPSA) is 83.8 Å². The Bertz CT molecular complexity index is 501. The fourth-order valence-corrected chi connectivity index (χ4v) is 2.53. The molecule has 1 aliphatic rings. The van der Waals surface area contributed by atoms with Crippen LogP contribution in [0.3, 0.4) is 0 Å². The SMILES string of the molecule is CC(C)CN1CCO[C@H](CNC(=O)CNC(=O)c2ccco2)C1. The first-order chi connectivity index (χ1) is 11.0. The van der Waals surface area contributed by atoms with Crippen molar-refractivity contribution in [2.24, 2.45) is 5.92 Å². The second-order valence-corrected chi connectivity index (χ2v) is 6.11. The Morgan fingerprint density at radius 2 is 2.22 bits per heavy atom. The number of amides is 2. The molecule has 0 bridgehead atoms. The summed E-state index contributed by atoms with van der Waals surface area (Å²) in [4.78, 5) is 25.8. The Balaban J connectivity index is 1.65. The standard InChI is InChI=1S/C16H25N3O4/c1-12(2)10-19-5-7-22-13(11-19)8-17-15(20)9-18-16(21)14-4-3-6-23-14/h3-4,6,12-13H,5,7-11H2,1-2H3,(H,17,20)(H,18,21)/t13-/m1/s1. The lowest BCUT2D eigenvalue weighted by Gasteiger charge is -2.33. The van der Waals surface area contributed by atoms with Crippen LogP contribution in [0.25, 0.3) is 0 Å². The molecule has 1 atom stereocenters.